The van der Waals surface area contributed by atoms with Gasteiger partial charge in [-0.25, -0.2) is 10.8 Å². The molecule has 0 radical (unpaired) electrons. The van der Waals surface area contributed by atoms with E-state index in [1.807, 2.05) is 5.43 Å². The van der Waals surface area contributed by atoms with E-state index in [4.69, 9.17) is 9.95 Å². The number of carbonyl (C=O) groups is 1. The van der Waals surface area contributed by atoms with Crippen LogP contribution >= 0.6 is 11.5 Å². The molecule has 0 aliphatic carbocycles. The van der Waals surface area contributed by atoms with E-state index >= 15 is 0 Å². The van der Waals surface area contributed by atoms with E-state index in [0.717, 1.165) is 0 Å². The standard InChI is InChI=1S/C4H6N4OS/c1-2-6-4(10-8-2)3(9)7-5/h5H2,1H3,(H,7,9)/i1D3. The van der Waals surface area contributed by atoms with Crippen LogP contribution in [0.15, 0.2) is 0 Å². The van der Waals surface area contributed by atoms with E-state index in [1.165, 1.54) is 0 Å². The third-order valence-corrected chi connectivity index (χ3v) is 1.47. The Labute approximate surface area is 65.6 Å². The molecule has 1 aromatic rings. The molecule has 54 valence electrons. The first-order valence-electron chi connectivity index (χ1n) is 3.80. The molecule has 0 bridgehead atoms. The zero-order chi connectivity index (χ0) is 10.1. The fraction of sp³-hybridized carbons (Fsp3) is 0.250. The van der Waals surface area contributed by atoms with Gasteiger partial charge in [-0.1, -0.05) is 0 Å². The van der Waals surface area contributed by atoms with Gasteiger partial charge in [-0.3, -0.25) is 10.2 Å². The number of nitrogens with zero attached hydrogens (tertiary/aromatic N) is 2. The number of aromatic nitrogens is 2. The van der Waals surface area contributed by atoms with Crippen molar-refractivity contribution in [3.8, 4) is 0 Å². The van der Waals surface area contributed by atoms with Crippen molar-refractivity contribution in [2.75, 3.05) is 0 Å². The molecule has 10 heavy (non-hydrogen) atoms. The minimum absolute atomic E-state index is 0.0615. The van der Waals surface area contributed by atoms with Crippen molar-refractivity contribution >= 4 is 17.4 Å². The average molecular weight is 161 g/mol. The first-order chi connectivity index (χ1) is 5.95. The molecule has 1 amide bonds. The van der Waals surface area contributed by atoms with Crippen molar-refractivity contribution in [1.82, 2.24) is 14.8 Å². The van der Waals surface area contributed by atoms with Crippen LogP contribution in [0.25, 0.3) is 0 Å². The number of nitrogens with one attached hydrogen (secondary N) is 1. The second-order valence-corrected chi connectivity index (χ2v) is 2.15. The molecule has 0 fully saturated rings. The lowest BCUT2D eigenvalue weighted by atomic mass is 10.6. The van der Waals surface area contributed by atoms with Crippen LogP contribution < -0.4 is 11.3 Å². The maximum atomic E-state index is 10.8. The molecule has 0 aliphatic heterocycles. The van der Waals surface area contributed by atoms with Gasteiger partial charge in [-0.2, -0.15) is 4.37 Å². The highest BCUT2D eigenvalue weighted by molar-refractivity contribution is 7.07. The van der Waals surface area contributed by atoms with E-state index in [-0.39, 0.29) is 10.8 Å². The first kappa shape index (κ1) is 3.99. The summed E-state index contributed by atoms with van der Waals surface area (Å²) in [7, 11) is 0. The lowest BCUT2D eigenvalue weighted by molar-refractivity contribution is 0.0953. The molecule has 0 saturated heterocycles. The molecule has 0 spiro atoms. The van der Waals surface area contributed by atoms with Crippen molar-refractivity contribution in [2.45, 2.75) is 6.85 Å². The number of rotatable bonds is 1. The summed E-state index contributed by atoms with van der Waals surface area (Å²) < 4.78 is 24.3. The number of carbonyl (C=O) groups excluding carboxylic acids is 1. The Bertz CT molecular complexity index is 321. The van der Waals surface area contributed by atoms with E-state index in [9.17, 15) is 4.79 Å². The van der Waals surface area contributed by atoms with Gasteiger partial charge in [0, 0.05) is 4.11 Å². The van der Waals surface area contributed by atoms with E-state index < -0.39 is 12.8 Å². The third kappa shape index (κ3) is 1.28. The Morgan fingerprint density at radius 1 is 2.00 bits per heavy atom. The van der Waals surface area contributed by atoms with E-state index in [2.05, 4.69) is 9.36 Å². The summed E-state index contributed by atoms with van der Waals surface area (Å²) in [5.41, 5.74) is 1.83. The number of hydrazine groups is 1. The van der Waals surface area contributed by atoms with Crippen LogP contribution in [0.4, 0.5) is 0 Å². The van der Waals surface area contributed by atoms with Crippen LogP contribution in [0.1, 0.15) is 19.7 Å². The smallest absolute Gasteiger partial charge is 0.288 e. The highest BCUT2D eigenvalue weighted by atomic mass is 32.1. The van der Waals surface area contributed by atoms with Crippen LogP contribution in [0, 0.1) is 6.85 Å². The summed E-state index contributed by atoms with van der Waals surface area (Å²) in [6.07, 6.45) is 0. The van der Waals surface area contributed by atoms with E-state index in [0.29, 0.717) is 11.5 Å². The maximum absolute atomic E-state index is 10.8. The van der Waals surface area contributed by atoms with Gasteiger partial charge >= 0.3 is 0 Å². The minimum Gasteiger partial charge on any atom is -0.288 e. The number of aryl methyl sites for hydroxylation is 1. The van der Waals surface area contributed by atoms with Gasteiger partial charge < -0.3 is 0 Å². The molecule has 0 saturated carbocycles. The first-order valence-corrected chi connectivity index (χ1v) is 3.07. The Morgan fingerprint density at radius 2 is 2.80 bits per heavy atom. The molecule has 1 heterocycles. The van der Waals surface area contributed by atoms with Gasteiger partial charge in [0.25, 0.3) is 5.91 Å². The van der Waals surface area contributed by atoms with Crippen molar-refractivity contribution in [1.29, 1.82) is 0 Å². The second kappa shape index (κ2) is 2.72. The van der Waals surface area contributed by atoms with Gasteiger partial charge in [0.05, 0.1) is 0 Å². The predicted molar refractivity (Wildman–Crippen MR) is 36.3 cm³/mol. The Morgan fingerprint density at radius 3 is 3.30 bits per heavy atom. The lowest BCUT2D eigenvalue weighted by Gasteiger charge is -1.88. The number of hydrogen-bond acceptors (Lipinski definition) is 5. The van der Waals surface area contributed by atoms with Crippen LogP contribution in [-0.4, -0.2) is 15.3 Å². The summed E-state index contributed by atoms with van der Waals surface area (Å²) in [5.74, 6) is 3.84. The van der Waals surface area contributed by atoms with Crippen LogP contribution in [-0.2, 0) is 0 Å². The summed E-state index contributed by atoms with van der Waals surface area (Å²) >= 11 is 0.696. The highest BCUT2D eigenvalue weighted by Crippen LogP contribution is 2.01. The Kier molecular flexibility index (Phi) is 1.08. The van der Waals surface area contributed by atoms with Crippen molar-refractivity contribution in [3.05, 3.63) is 10.8 Å². The number of nitrogen functional groups attached to an aromatic ring is 1. The van der Waals surface area contributed by atoms with Gasteiger partial charge in [-0.15, -0.1) is 0 Å². The quantitative estimate of drug-likeness (QED) is 0.329. The fourth-order valence-electron chi connectivity index (χ4n) is 0.377. The summed E-state index contributed by atoms with van der Waals surface area (Å²) in [5, 5.41) is -0.0615. The van der Waals surface area contributed by atoms with Gasteiger partial charge in [0.2, 0.25) is 5.01 Å². The molecule has 1 rings (SSSR count). The molecular weight excluding hydrogens is 152 g/mol. The molecular formula is C4H6N4OS. The zero-order valence-electron chi connectivity index (χ0n) is 7.79. The molecule has 1 aromatic heterocycles. The Hall–Kier alpha value is -1.01. The van der Waals surface area contributed by atoms with Gasteiger partial charge in [0.15, 0.2) is 0 Å². The van der Waals surface area contributed by atoms with E-state index in [1.54, 1.807) is 0 Å². The zero-order valence-corrected chi connectivity index (χ0v) is 5.60. The SMILES string of the molecule is [2H]C([2H])([2H])c1nsc(C(=O)NN)n1. The Balaban J connectivity index is 2.93. The molecule has 0 atom stereocenters. The summed E-state index contributed by atoms with van der Waals surface area (Å²) in [6, 6.07) is 0. The summed E-state index contributed by atoms with van der Waals surface area (Å²) in [4.78, 5) is 14.3. The molecule has 0 aromatic carbocycles. The topological polar surface area (TPSA) is 80.9 Å². The average Bonchev–Trinajstić information content (AvgIpc) is 2.50. The second-order valence-electron chi connectivity index (χ2n) is 1.40. The van der Waals surface area contributed by atoms with Crippen LogP contribution in [0.3, 0.4) is 0 Å². The number of hydrogen-bond donors (Lipinski definition) is 2. The predicted octanol–water partition coefficient (Wildman–Crippen LogP) is -0.550. The summed E-state index contributed by atoms with van der Waals surface area (Å²) in [6.45, 7) is -2.39. The largest absolute Gasteiger partial charge is 0.295 e. The highest BCUT2D eigenvalue weighted by Gasteiger charge is 2.07. The molecule has 0 unspecified atom stereocenters. The van der Waals surface area contributed by atoms with Crippen molar-refractivity contribution < 1.29 is 8.91 Å². The van der Waals surface area contributed by atoms with Crippen LogP contribution in [0.2, 0.25) is 0 Å². The fourth-order valence-corrected chi connectivity index (χ4v) is 0.860. The molecule has 6 heteroatoms. The maximum Gasteiger partial charge on any atom is 0.295 e. The van der Waals surface area contributed by atoms with Gasteiger partial charge in [0.1, 0.15) is 5.82 Å². The van der Waals surface area contributed by atoms with Crippen molar-refractivity contribution in [2.24, 2.45) is 5.84 Å². The van der Waals surface area contributed by atoms with Gasteiger partial charge in [-0.05, 0) is 18.4 Å². The van der Waals surface area contributed by atoms with Crippen molar-refractivity contribution in [3.63, 3.8) is 0 Å². The normalized spacial score (nSPS) is 15.1. The third-order valence-electron chi connectivity index (χ3n) is 0.751. The van der Waals surface area contributed by atoms with Crippen LogP contribution in [0.5, 0.6) is 0 Å². The molecule has 3 N–H and O–H groups in total. The molecule has 5 nitrogen and oxygen atoms in total. The minimum atomic E-state index is -2.39. The lowest BCUT2D eigenvalue weighted by Crippen LogP contribution is -2.29. The molecule has 0 aliphatic rings. The number of nitrogens with two attached hydrogens (primary N) is 1. The monoisotopic (exact) mass is 161 g/mol. The number of amides is 1.